The topological polar surface area (TPSA) is 15.3 Å². The van der Waals surface area contributed by atoms with E-state index in [1.54, 1.807) is 0 Å². The first-order valence-corrected chi connectivity index (χ1v) is 6.44. The number of nitrogens with zero attached hydrogens (tertiary/aromatic N) is 1. The van der Waals surface area contributed by atoms with Crippen LogP contribution >= 0.6 is 23.2 Å². The van der Waals surface area contributed by atoms with Crippen molar-refractivity contribution in [3.05, 3.63) is 28.2 Å². The Kier molecular flexibility index (Phi) is 4.33. The lowest BCUT2D eigenvalue weighted by Crippen LogP contribution is -2.36. The van der Waals surface area contributed by atoms with Crippen LogP contribution in [0.4, 0.5) is 5.69 Å². The van der Waals surface area contributed by atoms with Gasteiger partial charge in [0.1, 0.15) is 0 Å². The third-order valence-electron chi connectivity index (χ3n) is 2.84. The van der Waals surface area contributed by atoms with Crippen LogP contribution in [-0.2, 0) is 0 Å². The smallest absolute Gasteiger partial charge is 0.0640 e. The zero-order valence-electron chi connectivity index (χ0n) is 9.18. The molecule has 1 N–H and O–H groups in total. The molecule has 0 amide bonds. The van der Waals surface area contributed by atoms with Crippen LogP contribution in [0.15, 0.2) is 18.2 Å². The quantitative estimate of drug-likeness (QED) is 0.833. The molecule has 1 aliphatic rings. The van der Waals surface area contributed by atoms with Gasteiger partial charge in [-0.15, -0.1) is 0 Å². The fourth-order valence-electron chi connectivity index (χ4n) is 1.97. The molecule has 0 spiro atoms. The molecule has 1 aromatic rings. The third-order valence-corrected chi connectivity index (χ3v) is 3.39. The molecule has 0 bridgehead atoms. The molecular formula is C12H16Cl2N2. The van der Waals surface area contributed by atoms with Crippen LogP contribution < -0.4 is 10.2 Å². The number of halogens is 2. The molecule has 2 nitrogen and oxygen atoms in total. The lowest BCUT2D eigenvalue weighted by atomic mass is 10.2. The molecule has 1 aromatic carbocycles. The summed E-state index contributed by atoms with van der Waals surface area (Å²) in [6.07, 6.45) is 2.41. The summed E-state index contributed by atoms with van der Waals surface area (Å²) in [5.41, 5.74) is 1.05. The van der Waals surface area contributed by atoms with Crippen molar-refractivity contribution >= 4 is 28.9 Å². The van der Waals surface area contributed by atoms with Gasteiger partial charge < -0.3 is 10.2 Å². The van der Waals surface area contributed by atoms with Crippen molar-refractivity contribution < 1.29 is 0 Å². The van der Waals surface area contributed by atoms with E-state index in [0.717, 1.165) is 41.9 Å². The van der Waals surface area contributed by atoms with Crippen molar-refractivity contribution in [2.24, 2.45) is 0 Å². The minimum atomic E-state index is 0.745. The fraction of sp³-hybridized carbons (Fsp3) is 0.500. The molecular weight excluding hydrogens is 243 g/mol. The first-order valence-electron chi connectivity index (χ1n) is 5.68. The van der Waals surface area contributed by atoms with Crippen molar-refractivity contribution in [2.45, 2.75) is 12.8 Å². The molecule has 0 aliphatic carbocycles. The van der Waals surface area contributed by atoms with E-state index in [-0.39, 0.29) is 0 Å². The molecule has 0 saturated carbocycles. The largest absolute Gasteiger partial charge is 0.369 e. The van der Waals surface area contributed by atoms with Crippen molar-refractivity contribution in [3.63, 3.8) is 0 Å². The number of rotatable bonds is 1. The number of hydrogen-bond acceptors (Lipinski definition) is 2. The van der Waals surface area contributed by atoms with E-state index < -0.39 is 0 Å². The Bertz CT molecular complexity index is 347. The van der Waals surface area contributed by atoms with Gasteiger partial charge in [-0.1, -0.05) is 23.2 Å². The summed E-state index contributed by atoms with van der Waals surface area (Å²) in [5.74, 6) is 0. The van der Waals surface area contributed by atoms with Gasteiger partial charge in [0.05, 0.1) is 10.7 Å². The second-order valence-corrected chi connectivity index (χ2v) is 4.88. The number of hydrogen-bond donors (Lipinski definition) is 1. The van der Waals surface area contributed by atoms with Crippen LogP contribution in [0.3, 0.4) is 0 Å². The van der Waals surface area contributed by atoms with Gasteiger partial charge in [0, 0.05) is 24.7 Å². The maximum Gasteiger partial charge on any atom is 0.0640 e. The Morgan fingerprint density at radius 2 is 1.94 bits per heavy atom. The third kappa shape index (κ3) is 3.03. The summed E-state index contributed by atoms with van der Waals surface area (Å²) in [5, 5.41) is 4.93. The van der Waals surface area contributed by atoms with E-state index >= 15 is 0 Å². The highest BCUT2D eigenvalue weighted by Crippen LogP contribution is 2.29. The summed E-state index contributed by atoms with van der Waals surface area (Å²) < 4.78 is 0. The Balaban J connectivity index is 2.16. The summed E-state index contributed by atoms with van der Waals surface area (Å²) >= 11 is 12.2. The average molecular weight is 259 g/mol. The zero-order valence-corrected chi connectivity index (χ0v) is 10.7. The molecule has 0 unspecified atom stereocenters. The lowest BCUT2D eigenvalue weighted by molar-refractivity contribution is 0.567. The van der Waals surface area contributed by atoms with E-state index in [2.05, 4.69) is 10.2 Å². The summed E-state index contributed by atoms with van der Waals surface area (Å²) in [6, 6.07) is 5.65. The zero-order chi connectivity index (χ0) is 11.4. The fourth-order valence-corrected chi connectivity index (χ4v) is 2.38. The van der Waals surface area contributed by atoms with Gasteiger partial charge in [-0.05, 0) is 37.6 Å². The Hall–Kier alpha value is -0.440. The van der Waals surface area contributed by atoms with E-state index in [4.69, 9.17) is 23.2 Å². The molecule has 4 heteroatoms. The minimum absolute atomic E-state index is 0.745. The molecule has 1 aliphatic heterocycles. The van der Waals surface area contributed by atoms with Gasteiger partial charge in [0.25, 0.3) is 0 Å². The minimum Gasteiger partial charge on any atom is -0.369 e. The molecule has 0 aromatic heterocycles. The maximum atomic E-state index is 6.20. The predicted molar refractivity (Wildman–Crippen MR) is 70.8 cm³/mol. The van der Waals surface area contributed by atoms with Crippen molar-refractivity contribution in [1.82, 2.24) is 5.32 Å². The Labute approximate surface area is 107 Å². The van der Waals surface area contributed by atoms with Gasteiger partial charge in [-0.3, -0.25) is 0 Å². The predicted octanol–water partition coefficient (Wildman–Crippen LogP) is 3.18. The van der Waals surface area contributed by atoms with Gasteiger partial charge in [-0.2, -0.15) is 0 Å². The van der Waals surface area contributed by atoms with Crippen molar-refractivity contribution in [3.8, 4) is 0 Å². The summed E-state index contributed by atoms with van der Waals surface area (Å²) in [4.78, 5) is 2.31. The number of anilines is 1. The molecule has 88 valence electrons. The highest BCUT2D eigenvalue weighted by atomic mass is 35.5. The molecule has 1 heterocycles. The van der Waals surface area contributed by atoms with Crippen LogP contribution in [0.1, 0.15) is 12.8 Å². The highest BCUT2D eigenvalue weighted by Gasteiger charge is 2.12. The van der Waals surface area contributed by atoms with E-state index in [0.29, 0.717) is 0 Å². The molecule has 16 heavy (non-hydrogen) atoms. The van der Waals surface area contributed by atoms with Gasteiger partial charge in [0.2, 0.25) is 0 Å². The standard InChI is InChI=1S/C12H16Cl2N2/c13-10-3-4-11(14)12(9-10)16-7-2-1-5-15-6-8-16/h3-4,9,15H,1-2,5-8H2. The van der Waals surface area contributed by atoms with Crippen LogP contribution in [0.2, 0.25) is 10.0 Å². The second-order valence-electron chi connectivity index (χ2n) is 4.04. The van der Waals surface area contributed by atoms with Gasteiger partial charge in [0.15, 0.2) is 0 Å². The molecule has 0 atom stereocenters. The molecule has 1 saturated heterocycles. The molecule has 0 radical (unpaired) electrons. The second kappa shape index (κ2) is 5.76. The van der Waals surface area contributed by atoms with E-state index in [1.807, 2.05) is 18.2 Å². The number of benzene rings is 1. The SMILES string of the molecule is Clc1ccc(Cl)c(N2CCCCNCC2)c1. The van der Waals surface area contributed by atoms with Crippen LogP contribution in [-0.4, -0.2) is 26.2 Å². The van der Waals surface area contributed by atoms with Crippen molar-refractivity contribution in [2.75, 3.05) is 31.1 Å². The van der Waals surface area contributed by atoms with E-state index in [9.17, 15) is 0 Å². The molecule has 2 rings (SSSR count). The average Bonchev–Trinajstić information content (AvgIpc) is 2.22. The maximum absolute atomic E-state index is 6.20. The normalized spacial score (nSPS) is 18.0. The van der Waals surface area contributed by atoms with Crippen LogP contribution in [0.25, 0.3) is 0 Å². The lowest BCUT2D eigenvalue weighted by Gasteiger charge is -2.28. The van der Waals surface area contributed by atoms with Crippen molar-refractivity contribution in [1.29, 1.82) is 0 Å². The van der Waals surface area contributed by atoms with Gasteiger partial charge in [-0.25, -0.2) is 0 Å². The van der Waals surface area contributed by atoms with Crippen LogP contribution in [0.5, 0.6) is 0 Å². The number of nitrogens with one attached hydrogen (secondary N) is 1. The Morgan fingerprint density at radius 1 is 1.06 bits per heavy atom. The first-order chi connectivity index (χ1) is 7.77. The highest BCUT2D eigenvalue weighted by molar-refractivity contribution is 6.35. The molecule has 1 fully saturated rings. The Morgan fingerprint density at radius 3 is 2.81 bits per heavy atom. The summed E-state index contributed by atoms with van der Waals surface area (Å²) in [7, 11) is 0. The monoisotopic (exact) mass is 258 g/mol. The van der Waals surface area contributed by atoms with Gasteiger partial charge >= 0.3 is 0 Å². The summed E-state index contributed by atoms with van der Waals surface area (Å²) in [6.45, 7) is 4.17. The van der Waals surface area contributed by atoms with Crippen LogP contribution in [0, 0.1) is 0 Å². The first kappa shape index (κ1) is 12.0. The van der Waals surface area contributed by atoms with E-state index in [1.165, 1.54) is 12.8 Å².